The van der Waals surface area contributed by atoms with Gasteiger partial charge in [-0.25, -0.2) is 0 Å². The average Bonchev–Trinajstić information content (AvgIpc) is 1.49. The Hall–Kier alpha value is -10.7. The monoisotopic (exact) mass is 1240 g/mol. The van der Waals surface area contributed by atoms with Crippen LogP contribution in [-0.4, -0.2) is 26.4 Å². The van der Waals surface area contributed by atoms with Gasteiger partial charge in [0.25, 0.3) is 0 Å². The van der Waals surface area contributed by atoms with Gasteiger partial charge in [-0.2, -0.15) is 0 Å². The van der Waals surface area contributed by atoms with Gasteiger partial charge in [-0.15, -0.1) is 0 Å². The highest BCUT2D eigenvalue weighted by molar-refractivity contribution is 6.46. The first-order chi connectivity index (χ1) is 47.3. The van der Waals surface area contributed by atoms with Crippen molar-refractivity contribution in [1.82, 2.24) is 0 Å². The molecule has 2 aliphatic rings. The third-order valence-corrected chi connectivity index (χ3v) is 22.1. The van der Waals surface area contributed by atoms with E-state index in [1.54, 1.807) is 0 Å². The van der Waals surface area contributed by atoms with E-state index in [9.17, 15) is 0 Å². The van der Waals surface area contributed by atoms with Crippen LogP contribution < -0.4 is 18.9 Å². The molecule has 0 amide bonds. The Labute approximate surface area is 557 Å². The standard InChI is InChI=1S/C92H72O4/c1-9-57-75(49-21-29-53(30-22-49)93-13-5)76(50-23-31-54(32-24-50)94-14-6)58(10-2)80-68-42-38-64-66-40-44-70-82-60(12-4)84-72-46-48-74-90-73(91-77(51-25-33-55(34-26-51)95-15-7)61-19-17-18-20-62(61)78(92(74)91)52-27-35-56(36-28-52)96-16-8)47-45-71(89(72)90)83(84)59(11-3)81(82)69-43-39-65(86(66)88(69)70)63-37-41-67(79(57)80)87(68)85(63)64/h17-48H,9-16H2,1-8H3. The van der Waals surface area contributed by atoms with Crippen LogP contribution in [0.1, 0.15) is 77.6 Å². The molecule has 0 aliphatic heterocycles. The lowest BCUT2D eigenvalue weighted by atomic mass is 9.82. The molecule has 0 saturated carbocycles. The van der Waals surface area contributed by atoms with Crippen molar-refractivity contribution in [3.63, 3.8) is 0 Å². The molecule has 0 fully saturated rings. The molecule has 2 aliphatic carbocycles. The van der Waals surface area contributed by atoms with Crippen molar-refractivity contribution < 1.29 is 18.9 Å². The Morgan fingerprint density at radius 2 is 0.490 bits per heavy atom. The minimum Gasteiger partial charge on any atom is -0.494 e. The Kier molecular flexibility index (Phi) is 12.7. The Balaban J connectivity index is 0.870. The number of rotatable bonds is 16. The molecule has 17 aromatic rings. The van der Waals surface area contributed by atoms with Gasteiger partial charge in [0.2, 0.25) is 0 Å². The highest BCUT2D eigenvalue weighted by Gasteiger charge is 2.35. The van der Waals surface area contributed by atoms with E-state index in [1.165, 1.54) is 218 Å². The summed E-state index contributed by atoms with van der Waals surface area (Å²) in [5.74, 6) is 3.55. The molecule has 0 atom stereocenters. The zero-order valence-corrected chi connectivity index (χ0v) is 55.8. The summed E-state index contributed by atoms with van der Waals surface area (Å²) in [6.45, 7) is 20.2. The van der Waals surface area contributed by atoms with Crippen LogP contribution in [0.3, 0.4) is 0 Å². The molecule has 0 spiro atoms. The van der Waals surface area contributed by atoms with Crippen LogP contribution in [0.15, 0.2) is 194 Å². The van der Waals surface area contributed by atoms with Gasteiger partial charge in [0, 0.05) is 0 Å². The van der Waals surface area contributed by atoms with Crippen molar-refractivity contribution in [3.8, 4) is 89.8 Å². The molecular weight excluding hydrogens is 1170 g/mol. The maximum absolute atomic E-state index is 6.04. The lowest BCUT2D eigenvalue weighted by Crippen LogP contribution is -2.02. The van der Waals surface area contributed by atoms with Crippen LogP contribution in [0.25, 0.3) is 174 Å². The lowest BCUT2D eigenvalue weighted by Gasteiger charge is -2.21. The summed E-state index contributed by atoms with van der Waals surface area (Å²) in [5, 5.41) is 32.7. The number of benzene rings is 15. The third kappa shape index (κ3) is 7.50. The molecule has 0 heterocycles. The van der Waals surface area contributed by atoms with Crippen molar-refractivity contribution in [2.75, 3.05) is 26.4 Å². The van der Waals surface area contributed by atoms with Crippen LogP contribution >= 0.6 is 0 Å². The average molecular weight is 1240 g/mol. The summed E-state index contributed by atoms with van der Waals surface area (Å²) in [4.78, 5) is 0. The Bertz CT molecular complexity index is 5990. The summed E-state index contributed by atoms with van der Waals surface area (Å²) < 4.78 is 24.1. The van der Waals surface area contributed by atoms with Gasteiger partial charge in [-0.3, -0.25) is 0 Å². The first-order valence-electron chi connectivity index (χ1n) is 35.1. The molecule has 0 saturated heterocycles. The summed E-state index contributed by atoms with van der Waals surface area (Å²) in [5.41, 5.74) is 20.8. The van der Waals surface area contributed by atoms with Crippen molar-refractivity contribution in [3.05, 3.63) is 237 Å². The fourth-order valence-electron chi connectivity index (χ4n) is 18.7. The second-order valence-corrected chi connectivity index (χ2v) is 26.4. The van der Waals surface area contributed by atoms with Crippen LogP contribution in [0.5, 0.6) is 23.0 Å². The van der Waals surface area contributed by atoms with Gasteiger partial charge >= 0.3 is 0 Å². The number of fused-ring (bicyclic) bond motifs is 13. The number of ether oxygens (including phenoxy) is 4. The quantitative estimate of drug-likeness (QED) is 0.0714. The van der Waals surface area contributed by atoms with E-state index in [2.05, 4.69) is 250 Å². The predicted molar refractivity (Wildman–Crippen MR) is 405 cm³/mol. The zero-order chi connectivity index (χ0) is 64.5. The van der Waals surface area contributed by atoms with Crippen LogP contribution in [0, 0.1) is 20.9 Å². The molecule has 0 bridgehead atoms. The predicted octanol–water partition coefficient (Wildman–Crippen LogP) is 24.6. The van der Waals surface area contributed by atoms with E-state index >= 15 is 0 Å². The number of hydrogen-bond acceptors (Lipinski definition) is 4. The Morgan fingerprint density at radius 1 is 0.208 bits per heavy atom. The molecule has 0 aromatic heterocycles. The molecule has 4 heteroatoms. The molecule has 0 unspecified atom stereocenters. The third-order valence-electron chi connectivity index (χ3n) is 22.1. The van der Waals surface area contributed by atoms with Gasteiger partial charge in [0.05, 0.1) is 26.4 Å². The topological polar surface area (TPSA) is 36.9 Å². The maximum Gasteiger partial charge on any atom is 0.119 e. The summed E-state index contributed by atoms with van der Waals surface area (Å²) in [6, 6.07) is 74.3. The van der Waals surface area contributed by atoms with E-state index in [0.717, 1.165) is 48.7 Å². The second kappa shape index (κ2) is 21.4. The summed E-state index contributed by atoms with van der Waals surface area (Å²) in [7, 11) is 0. The first kappa shape index (κ1) is 56.8. The van der Waals surface area contributed by atoms with Crippen LogP contribution in [0.4, 0.5) is 0 Å². The highest BCUT2D eigenvalue weighted by Crippen LogP contribution is 2.62. The summed E-state index contributed by atoms with van der Waals surface area (Å²) >= 11 is 0. The molecule has 464 valence electrons. The largest absolute Gasteiger partial charge is 0.494 e. The van der Waals surface area contributed by atoms with Crippen molar-refractivity contribution in [2.24, 2.45) is 0 Å². The van der Waals surface area contributed by atoms with Gasteiger partial charge in [-0.1, -0.05) is 173 Å². The van der Waals surface area contributed by atoms with Gasteiger partial charge in [-0.05, 0) is 320 Å². The molecule has 4 nitrogen and oxygen atoms in total. The normalized spacial score (nSPS) is 12.5. The number of aryl methyl sites for hydroxylation is 2. The minimum atomic E-state index is 0.624. The van der Waals surface area contributed by atoms with Gasteiger partial charge in [0.1, 0.15) is 23.0 Å². The molecule has 0 radical (unpaired) electrons. The maximum atomic E-state index is 6.04. The number of hydrogen-bond donors (Lipinski definition) is 0. The molecule has 17 aromatic carbocycles. The van der Waals surface area contributed by atoms with Gasteiger partial charge < -0.3 is 18.9 Å². The molecular formula is C92H72O4. The smallest absolute Gasteiger partial charge is 0.119 e. The van der Waals surface area contributed by atoms with E-state index in [0.29, 0.717) is 26.4 Å². The molecule has 19 rings (SSSR count). The minimum absolute atomic E-state index is 0.624. The van der Waals surface area contributed by atoms with Crippen molar-refractivity contribution in [2.45, 2.75) is 81.1 Å². The van der Waals surface area contributed by atoms with E-state index < -0.39 is 0 Å². The molecule has 0 N–H and O–H groups in total. The fourth-order valence-corrected chi connectivity index (χ4v) is 18.7. The Morgan fingerprint density at radius 3 is 0.823 bits per heavy atom. The second-order valence-electron chi connectivity index (χ2n) is 26.4. The summed E-state index contributed by atoms with van der Waals surface area (Å²) in [6.07, 6.45) is 3.58. The lowest BCUT2D eigenvalue weighted by molar-refractivity contribution is 0.340. The van der Waals surface area contributed by atoms with Crippen molar-refractivity contribution >= 4 is 108 Å². The highest BCUT2D eigenvalue weighted by atomic mass is 16.5. The van der Waals surface area contributed by atoms with Crippen LogP contribution in [-0.2, 0) is 25.7 Å². The van der Waals surface area contributed by atoms with E-state index in [4.69, 9.17) is 18.9 Å². The fraction of sp³-hybridized carbons (Fsp3) is 0.174. The van der Waals surface area contributed by atoms with E-state index in [1.807, 2.05) is 0 Å². The van der Waals surface area contributed by atoms with E-state index in [-0.39, 0.29) is 0 Å². The van der Waals surface area contributed by atoms with Gasteiger partial charge in [0.15, 0.2) is 0 Å². The molecule has 96 heavy (non-hydrogen) atoms. The SMILES string of the molecule is CCOc1ccc(-c2c(-c3ccc(OCC)cc3)c(CC)c3c(c2CC)=c2ccc4c5ccc6c7c(CC)c8c9ccc%10c%11c(ccc(c8c(CC)c7c7ccc(c8ccc=3c2c48)c5c67)c%119)-c2c-%10c(-c3ccc(OCC)cc3)c3ccccc3c2-c2ccc(OCC)cc2)cc1. The zero-order valence-electron chi connectivity index (χ0n) is 55.8. The van der Waals surface area contributed by atoms with Crippen LogP contribution in [0.2, 0.25) is 0 Å². The first-order valence-corrected chi connectivity index (χ1v) is 35.1. The van der Waals surface area contributed by atoms with Crippen molar-refractivity contribution in [1.29, 1.82) is 0 Å².